The third kappa shape index (κ3) is 4.76. The van der Waals surface area contributed by atoms with Crippen molar-refractivity contribution >= 4 is 33.6 Å². The van der Waals surface area contributed by atoms with Gasteiger partial charge in [0.15, 0.2) is 0 Å². The molecule has 0 saturated carbocycles. The first-order valence-corrected chi connectivity index (χ1v) is 7.18. The van der Waals surface area contributed by atoms with Gasteiger partial charge in [-0.25, -0.2) is 9.59 Å². The van der Waals surface area contributed by atoms with Gasteiger partial charge in [-0.3, -0.25) is 0 Å². The average molecular weight is 354 g/mol. The molecule has 0 heterocycles. The lowest BCUT2D eigenvalue weighted by Gasteiger charge is -2.20. The number of carboxylic acids is 1. The highest BCUT2D eigenvalue weighted by Crippen LogP contribution is 2.23. The van der Waals surface area contributed by atoms with Crippen LogP contribution in [0.1, 0.15) is 25.8 Å². The van der Waals surface area contributed by atoms with Crippen LogP contribution in [0.3, 0.4) is 0 Å². The SMILES string of the molecule is CCC(C)C(NC(=O)Nc1ccc(C#N)cc1Br)C(=O)O. The lowest BCUT2D eigenvalue weighted by atomic mass is 9.99. The van der Waals surface area contributed by atoms with E-state index in [-0.39, 0.29) is 5.92 Å². The van der Waals surface area contributed by atoms with Crippen LogP contribution < -0.4 is 10.6 Å². The van der Waals surface area contributed by atoms with Crippen molar-refractivity contribution in [1.29, 1.82) is 5.26 Å². The molecule has 0 saturated heterocycles. The molecule has 0 aliphatic rings. The van der Waals surface area contributed by atoms with Crippen molar-refractivity contribution in [2.45, 2.75) is 26.3 Å². The molecule has 0 bridgehead atoms. The van der Waals surface area contributed by atoms with Gasteiger partial charge in [0.05, 0.1) is 17.3 Å². The van der Waals surface area contributed by atoms with Crippen LogP contribution in [0.25, 0.3) is 0 Å². The quantitative estimate of drug-likeness (QED) is 0.756. The van der Waals surface area contributed by atoms with Crippen LogP contribution in [0, 0.1) is 17.2 Å². The summed E-state index contributed by atoms with van der Waals surface area (Å²) in [5, 5.41) is 22.9. The second-order valence-electron chi connectivity index (χ2n) is 4.61. The van der Waals surface area contributed by atoms with E-state index in [1.807, 2.05) is 13.0 Å². The minimum atomic E-state index is -1.07. The van der Waals surface area contributed by atoms with E-state index >= 15 is 0 Å². The molecule has 0 spiro atoms. The fourth-order valence-electron chi connectivity index (χ4n) is 1.67. The maximum Gasteiger partial charge on any atom is 0.326 e. The van der Waals surface area contributed by atoms with Crippen molar-refractivity contribution in [3.05, 3.63) is 28.2 Å². The van der Waals surface area contributed by atoms with Crippen molar-refractivity contribution in [1.82, 2.24) is 5.32 Å². The molecule has 6 nitrogen and oxygen atoms in total. The van der Waals surface area contributed by atoms with E-state index in [1.54, 1.807) is 25.1 Å². The van der Waals surface area contributed by atoms with Crippen molar-refractivity contribution < 1.29 is 14.7 Å². The first kappa shape index (κ1) is 17.0. The summed E-state index contributed by atoms with van der Waals surface area (Å²) in [5.74, 6) is -1.25. The topological polar surface area (TPSA) is 102 Å². The first-order chi connectivity index (χ1) is 9.88. The first-order valence-electron chi connectivity index (χ1n) is 6.39. The van der Waals surface area contributed by atoms with E-state index in [0.717, 1.165) is 0 Å². The maximum absolute atomic E-state index is 11.9. The van der Waals surface area contributed by atoms with E-state index in [4.69, 9.17) is 10.4 Å². The molecule has 0 radical (unpaired) electrons. The van der Waals surface area contributed by atoms with Crippen molar-refractivity contribution in [2.75, 3.05) is 5.32 Å². The molecule has 0 aromatic heterocycles. The molecule has 2 amide bonds. The van der Waals surface area contributed by atoms with Crippen LogP contribution in [0.5, 0.6) is 0 Å². The molecule has 2 unspecified atom stereocenters. The summed E-state index contributed by atoms with van der Waals surface area (Å²) in [7, 11) is 0. The highest BCUT2D eigenvalue weighted by Gasteiger charge is 2.25. The van der Waals surface area contributed by atoms with Gasteiger partial charge in [0.25, 0.3) is 0 Å². The summed E-state index contributed by atoms with van der Waals surface area (Å²) in [6.07, 6.45) is 0.637. The number of anilines is 1. The molecule has 0 aliphatic heterocycles. The molecular formula is C14H16BrN3O3. The fraction of sp³-hybridized carbons (Fsp3) is 0.357. The smallest absolute Gasteiger partial charge is 0.326 e. The van der Waals surface area contributed by atoms with Gasteiger partial charge in [-0.1, -0.05) is 20.3 Å². The van der Waals surface area contributed by atoms with Crippen LogP contribution in [0.4, 0.5) is 10.5 Å². The zero-order valence-corrected chi connectivity index (χ0v) is 13.3. The fourth-order valence-corrected chi connectivity index (χ4v) is 2.15. The molecule has 21 heavy (non-hydrogen) atoms. The number of aliphatic carboxylic acids is 1. The number of amides is 2. The Balaban J connectivity index is 2.77. The number of rotatable bonds is 5. The van der Waals surface area contributed by atoms with Gasteiger partial charge >= 0.3 is 12.0 Å². The molecule has 1 aromatic rings. The van der Waals surface area contributed by atoms with E-state index in [2.05, 4.69) is 26.6 Å². The summed E-state index contributed by atoms with van der Waals surface area (Å²) in [4.78, 5) is 23.0. The van der Waals surface area contributed by atoms with Crippen molar-refractivity contribution in [3.63, 3.8) is 0 Å². The van der Waals surface area contributed by atoms with Gasteiger partial charge in [0.2, 0.25) is 0 Å². The Labute approximate surface area is 131 Å². The lowest BCUT2D eigenvalue weighted by molar-refractivity contribution is -0.140. The van der Waals surface area contributed by atoms with E-state index < -0.39 is 18.0 Å². The Bertz CT molecular complexity index is 583. The summed E-state index contributed by atoms with van der Waals surface area (Å²) >= 11 is 3.24. The van der Waals surface area contributed by atoms with E-state index in [1.165, 1.54) is 0 Å². The molecule has 2 atom stereocenters. The van der Waals surface area contributed by atoms with Gasteiger partial charge in [0, 0.05) is 4.47 Å². The number of halogens is 1. The number of hydrogen-bond acceptors (Lipinski definition) is 3. The second-order valence-corrected chi connectivity index (χ2v) is 5.46. The lowest BCUT2D eigenvalue weighted by Crippen LogP contribution is -2.46. The number of carbonyl (C=O) groups is 2. The Morgan fingerprint density at radius 2 is 2.14 bits per heavy atom. The van der Waals surface area contributed by atoms with Gasteiger partial charge in [-0.15, -0.1) is 0 Å². The number of benzene rings is 1. The highest BCUT2D eigenvalue weighted by molar-refractivity contribution is 9.10. The minimum Gasteiger partial charge on any atom is -0.480 e. The van der Waals surface area contributed by atoms with Crippen LogP contribution in [0.2, 0.25) is 0 Å². The second kappa shape index (κ2) is 7.64. The largest absolute Gasteiger partial charge is 0.480 e. The van der Waals surface area contributed by atoms with Crippen LogP contribution in [-0.2, 0) is 4.79 Å². The summed E-state index contributed by atoms with van der Waals surface area (Å²) in [5.41, 5.74) is 0.913. The van der Waals surface area contributed by atoms with Gasteiger partial charge in [-0.05, 0) is 40.0 Å². The van der Waals surface area contributed by atoms with Gasteiger partial charge < -0.3 is 15.7 Å². The highest BCUT2D eigenvalue weighted by atomic mass is 79.9. The van der Waals surface area contributed by atoms with E-state index in [9.17, 15) is 9.59 Å². The number of carbonyl (C=O) groups excluding carboxylic acids is 1. The maximum atomic E-state index is 11.9. The number of nitriles is 1. The average Bonchev–Trinajstić information content (AvgIpc) is 2.45. The summed E-state index contributed by atoms with van der Waals surface area (Å²) < 4.78 is 0.548. The minimum absolute atomic E-state index is 0.183. The summed E-state index contributed by atoms with van der Waals surface area (Å²) in [6.45, 7) is 3.62. The Kier molecular flexibility index (Phi) is 6.18. The van der Waals surface area contributed by atoms with Crippen LogP contribution in [-0.4, -0.2) is 23.1 Å². The molecular weight excluding hydrogens is 338 g/mol. The standard InChI is InChI=1S/C14H16BrN3O3/c1-3-8(2)12(13(19)20)18-14(21)17-11-5-4-9(7-16)6-10(11)15/h4-6,8,12H,3H2,1-2H3,(H,19,20)(H2,17,18,21). The molecule has 7 heteroatoms. The number of nitrogens with zero attached hydrogens (tertiary/aromatic N) is 1. The molecule has 1 aromatic carbocycles. The molecule has 1 rings (SSSR count). The van der Waals surface area contributed by atoms with E-state index in [0.29, 0.717) is 22.1 Å². The Hall–Kier alpha value is -2.07. The molecule has 3 N–H and O–H groups in total. The van der Waals surface area contributed by atoms with Gasteiger partial charge in [0.1, 0.15) is 6.04 Å². The van der Waals surface area contributed by atoms with Crippen molar-refractivity contribution in [3.8, 4) is 6.07 Å². The third-order valence-electron chi connectivity index (χ3n) is 3.11. The zero-order valence-electron chi connectivity index (χ0n) is 11.7. The van der Waals surface area contributed by atoms with Crippen LogP contribution >= 0.6 is 15.9 Å². The summed E-state index contributed by atoms with van der Waals surface area (Å²) in [6, 6.07) is 5.12. The number of nitrogens with one attached hydrogen (secondary N) is 2. The zero-order chi connectivity index (χ0) is 16.0. The number of hydrogen-bond donors (Lipinski definition) is 3. The molecule has 0 aliphatic carbocycles. The number of carboxylic acid groups (broad SMARTS) is 1. The van der Waals surface area contributed by atoms with Gasteiger partial charge in [-0.2, -0.15) is 5.26 Å². The number of urea groups is 1. The predicted molar refractivity (Wildman–Crippen MR) is 81.9 cm³/mol. The predicted octanol–water partition coefficient (Wildman–Crippen LogP) is 2.94. The van der Waals surface area contributed by atoms with Crippen molar-refractivity contribution in [2.24, 2.45) is 5.92 Å². The Morgan fingerprint density at radius 1 is 1.48 bits per heavy atom. The third-order valence-corrected chi connectivity index (χ3v) is 3.77. The molecule has 112 valence electrons. The monoisotopic (exact) mass is 353 g/mol. The van der Waals surface area contributed by atoms with Crippen LogP contribution in [0.15, 0.2) is 22.7 Å². The normalized spacial score (nSPS) is 12.9. The Morgan fingerprint density at radius 3 is 2.62 bits per heavy atom. The molecule has 0 fully saturated rings.